The summed E-state index contributed by atoms with van der Waals surface area (Å²) >= 11 is 3.67. The maximum Gasteiger partial charge on any atom is 0.141 e. The summed E-state index contributed by atoms with van der Waals surface area (Å²) < 4.78 is 1.02. The number of hydrogen-bond acceptors (Lipinski definition) is 4. The Hall–Kier alpha value is -1.27. The van der Waals surface area contributed by atoms with Crippen LogP contribution in [0.5, 0.6) is 0 Å². The summed E-state index contributed by atoms with van der Waals surface area (Å²) in [7, 11) is 0. The summed E-state index contributed by atoms with van der Waals surface area (Å²) in [6, 6.07) is 0.574. The smallest absolute Gasteiger partial charge is 0.141 e. The van der Waals surface area contributed by atoms with E-state index in [0.717, 1.165) is 40.2 Å². The second-order valence-corrected chi connectivity index (χ2v) is 7.41. The van der Waals surface area contributed by atoms with Crippen LogP contribution < -0.4 is 16.0 Å². The minimum Gasteiger partial charge on any atom is -0.397 e. The minimum atomic E-state index is 0.574. The summed E-state index contributed by atoms with van der Waals surface area (Å²) in [4.78, 5) is 10.0. The van der Waals surface area contributed by atoms with E-state index in [2.05, 4.69) is 36.1 Å². The minimum absolute atomic E-state index is 0.574. The molecule has 2 aromatic rings. The first kappa shape index (κ1) is 14.3. The Bertz CT molecular complexity index is 678. The van der Waals surface area contributed by atoms with Crippen LogP contribution in [0.25, 0.3) is 11.0 Å². The zero-order valence-corrected chi connectivity index (χ0v) is 14.2. The predicted octanol–water partition coefficient (Wildman–Crippen LogP) is 2.88. The third kappa shape index (κ3) is 2.70. The van der Waals surface area contributed by atoms with E-state index in [1.54, 1.807) is 0 Å². The van der Waals surface area contributed by atoms with Crippen molar-refractivity contribution in [1.82, 2.24) is 15.3 Å². The first-order valence-electron chi connectivity index (χ1n) is 8.12. The number of piperidine rings is 1. The van der Waals surface area contributed by atoms with Crippen molar-refractivity contribution in [2.75, 3.05) is 30.3 Å². The largest absolute Gasteiger partial charge is 0.397 e. The molecule has 118 valence electrons. The summed E-state index contributed by atoms with van der Waals surface area (Å²) in [5, 5.41) is 4.79. The van der Waals surface area contributed by atoms with Crippen molar-refractivity contribution in [3.8, 4) is 0 Å². The number of H-pyrrole nitrogens is 1. The van der Waals surface area contributed by atoms with Crippen molar-refractivity contribution in [3.63, 3.8) is 0 Å². The zero-order chi connectivity index (χ0) is 15.1. The van der Waals surface area contributed by atoms with Gasteiger partial charge >= 0.3 is 0 Å². The number of fused-ring (bicyclic) bond motifs is 1. The molecule has 0 bridgehead atoms. The second-order valence-electron chi connectivity index (χ2n) is 6.56. The number of hydrogen-bond donors (Lipinski definition) is 3. The predicted molar refractivity (Wildman–Crippen MR) is 94.2 cm³/mol. The number of nitrogens with zero attached hydrogens (tertiary/aromatic N) is 2. The summed E-state index contributed by atoms with van der Waals surface area (Å²) in [5.74, 6) is 0.926. The number of anilines is 2. The molecule has 0 unspecified atom stereocenters. The average Bonchev–Trinajstić information content (AvgIpc) is 3.29. The zero-order valence-electron chi connectivity index (χ0n) is 12.6. The van der Waals surface area contributed by atoms with E-state index < -0.39 is 0 Å². The van der Waals surface area contributed by atoms with E-state index in [1.807, 2.05) is 12.4 Å². The first-order chi connectivity index (χ1) is 10.7. The molecule has 2 aromatic heterocycles. The lowest BCUT2D eigenvalue weighted by Gasteiger charge is -2.36. The van der Waals surface area contributed by atoms with E-state index >= 15 is 0 Å². The third-order valence-corrected chi connectivity index (χ3v) is 5.37. The first-order valence-corrected chi connectivity index (χ1v) is 8.91. The molecular weight excluding hydrogens is 342 g/mol. The molecule has 1 aliphatic carbocycles. The van der Waals surface area contributed by atoms with Gasteiger partial charge in [-0.05, 0) is 54.1 Å². The molecular formula is C16H22BrN5. The fourth-order valence-electron chi connectivity index (χ4n) is 3.39. The van der Waals surface area contributed by atoms with Gasteiger partial charge in [0, 0.05) is 31.5 Å². The highest BCUT2D eigenvalue weighted by Gasteiger charge is 2.27. The van der Waals surface area contributed by atoms with Gasteiger partial charge in [-0.2, -0.15) is 0 Å². The molecule has 1 atom stereocenters. The number of aromatic nitrogens is 2. The molecule has 22 heavy (non-hydrogen) atoms. The van der Waals surface area contributed by atoms with E-state index in [-0.39, 0.29) is 0 Å². The second kappa shape index (κ2) is 5.74. The van der Waals surface area contributed by atoms with Gasteiger partial charge in [-0.3, -0.25) is 0 Å². The van der Waals surface area contributed by atoms with Crippen LogP contribution in [-0.4, -0.2) is 35.6 Å². The van der Waals surface area contributed by atoms with Gasteiger partial charge in [0.15, 0.2) is 0 Å². The number of aromatic amines is 1. The van der Waals surface area contributed by atoms with Crippen molar-refractivity contribution in [2.24, 2.45) is 5.92 Å². The van der Waals surface area contributed by atoms with Gasteiger partial charge < -0.3 is 20.9 Å². The Balaban J connectivity index is 1.59. The molecule has 3 heterocycles. The molecule has 2 aliphatic rings. The van der Waals surface area contributed by atoms with Crippen LogP contribution in [-0.2, 0) is 0 Å². The molecule has 4 N–H and O–H groups in total. The van der Waals surface area contributed by atoms with Gasteiger partial charge in [-0.25, -0.2) is 4.98 Å². The molecule has 2 fully saturated rings. The van der Waals surface area contributed by atoms with E-state index in [0.29, 0.717) is 6.04 Å². The Kier molecular flexibility index (Phi) is 3.74. The van der Waals surface area contributed by atoms with Crippen molar-refractivity contribution in [2.45, 2.75) is 31.7 Å². The van der Waals surface area contributed by atoms with Crippen molar-refractivity contribution < 1.29 is 0 Å². The van der Waals surface area contributed by atoms with Crippen molar-refractivity contribution >= 4 is 38.3 Å². The molecule has 5 nitrogen and oxygen atoms in total. The lowest BCUT2D eigenvalue weighted by molar-refractivity contribution is 0.416. The maximum atomic E-state index is 6.16. The Morgan fingerprint density at radius 1 is 1.41 bits per heavy atom. The van der Waals surface area contributed by atoms with Crippen LogP contribution in [0.4, 0.5) is 11.4 Å². The van der Waals surface area contributed by atoms with E-state index in [9.17, 15) is 0 Å². The van der Waals surface area contributed by atoms with Gasteiger partial charge in [0.1, 0.15) is 5.65 Å². The molecule has 1 aliphatic heterocycles. The van der Waals surface area contributed by atoms with E-state index in [1.165, 1.54) is 37.9 Å². The molecule has 6 heteroatoms. The van der Waals surface area contributed by atoms with Crippen LogP contribution >= 0.6 is 15.9 Å². The van der Waals surface area contributed by atoms with Gasteiger partial charge in [0.2, 0.25) is 0 Å². The number of nitrogens with two attached hydrogens (primary N) is 1. The quantitative estimate of drug-likeness (QED) is 0.780. The van der Waals surface area contributed by atoms with E-state index in [4.69, 9.17) is 5.73 Å². The highest BCUT2D eigenvalue weighted by molar-refractivity contribution is 9.10. The molecule has 0 spiro atoms. The summed E-state index contributed by atoms with van der Waals surface area (Å²) in [5.41, 5.74) is 8.98. The monoisotopic (exact) mass is 363 g/mol. The van der Waals surface area contributed by atoms with Gasteiger partial charge in [0.25, 0.3) is 0 Å². The molecule has 0 amide bonds. The maximum absolute atomic E-state index is 6.16. The SMILES string of the molecule is Nc1c[nH]c2ncc(Br)c(N3CCC[C@@H](NCC4CC4)C3)c12. The molecule has 1 saturated heterocycles. The van der Waals surface area contributed by atoms with Crippen LogP contribution in [0.1, 0.15) is 25.7 Å². The van der Waals surface area contributed by atoms with Gasteiger partial charge in [0.05, 0.1) is 21.2 Å². The fourth-order valence-corrected chi connectivity index (χ4v) is 3.94. The normalized spacial score (nSPS) is 22.4. The molecule has 0 radical (unpaired) electrons. The Morgan fingerprint density at radius 3 is 3.09 bits per heavy atom. The Labute approximate surface area is 138 Å². The number of rotatable bonds is 4. The van der Waals surface area contributed by atoms with Crippen LogP contribution in [0.15, 0.2) is 16.9 Å². The number of halogens is 1. The molecule has 4 rings (SSSR count). The number of pyridine rings is 1. The lowest BCUT2D eigenvalue weighted by atomic mass is 10.0. The third-order valence-electron chi connectivity index (χ3n) is 4.79. The average molecular weight is 364 g/mol. The molecule has 0 aromatic carbocycles. The molecule has 1 saturated carbocycles. The van der Waals surface area contributed by atoms with Crippen LogP contribution in [0, 0.1) is 5.92 Å². The van der Waals surface area contributed by atoms with Gasteiger partial charge in [-0.15, -0.1) is 0 Å². The Morgan fingerprint density at radius 2 is 2.27 bits per heavy atom. The number of nitrogen functional groups attached to an aromatic ring is 1. The fraction of sp³-hybridized carbons (Fsp3) is 0.562. The lowest BCUT2D eigenvalue weighted by Crippen LogP contribution is -2.46. The van der Waals surface area contributed by atoms with Crippen LogP contribution in [0.2, 0.25) is 0 Å². The highest BCUT2D eigenvalue weighted by atomic mass is 79.9. The standard InChI is InChI=1S/C16H22BrN5/c17-12-7-20-16-14(13(18)8-21-16)15(12)22-5-1-2-11(9-22)19-6-10-3-4-10/h7-8,10-11,19H,1-6,9,18H2,(H,20,21)/t11-/m1/s1. The number of nitrogens with one attached hydrogen (secondary N) is 2. The van der Waals surface area contributed by atoms with Gasteiger partial charge in [-0.1, -0.05) is 0 Å². The van der Waals surface area contributed by atoms with Crippen molar-refractivity contribution in [3.05, 3.63) is 16.9 Å². The highest BCUT2D eigenvalue weighted by Crippen LogP contribution is 2.37. The topological polar surface area (TPSA) is 70.0 Å². The van der Waals surface area contributed by atoms with Crippen LogP contribution in [0.3, 0.4) is 0 Å². The van der Waals surface area contributed by atoms with Crippen molar-refractivity contribution in [1.29, 1.82) is 0 Å². The summed E-state index contributed by atoms with van der Waals surface area (Å²) in [6.45, 7) is 3.29. The summed E-state index contributed by atoms with van der Waals surface area (Å²) in [6.07, 6.45) is 8.98.